The molecule has 3 N–H and O–H groups in total. The fourth-order valence-corrected chi connectivity index (χ4v) is 7.08. The van der Waals surface area contributed by atoms with E-state index in [1.807, 2.05) is 0 Å². The molecule has 0 aliphatic carbocycles. The lowest BCUT2D eigenvalue weighted by atomic mass is 10.0. The fourth-order valence-electron chi connectivity index (χ4n) is 7.08. The number of hydrogen-bond acceptors (Lipinski definition) is 5. The molecule has 322 valence electrons. The Kier molecular flexibility index (Phi) is 41.7. The number of rotatable bonds is 42. The van der Waals surface area contributed by atoms with E-state index in [9.17, 15) is 19.8 Å². The molecule has 0 radical (unpaired) electrons. The van der Waals surface area contributed by atoms with Gasteiger partial charge < -0.3 is 20.3 Å². The molecule has 0 aliphatic rings. The summed E-state index contributed by atoms with van der Waals surface area (Å²) in [5.41, 5.74) is 0. The SMILES string of the molecule is CCCCC/C=C\C/C=C\C/C=C\CCCCCCCCC(=O)OC(CCCCCCCCCC)CC(=O)NC(CO)C(O)CCCCCCCCCCC. The van der Waals surface area contributed by atoms with E-state index in [2.05, 4.69) is 62.5 Å². The second-order valence-corrected chi connectivity index (χ2v) is 16.2. The van der Waals surface area contributed by atoms with Crippen LogP contribution >= 0.6 is 0 Å². The summed E-state index contributed by atoms with van der Waals surface area (Å²) >= 11 is 0. The van der Waals surface area contributed by atoms with E-state index in [0.717, 1.165) is 70.6 Å². The van der Waals surface area contributed by atoms with Gasteiger partial charge in [0.2, 0.25) is 5.91 Å². The molecule has 0 aromatic heterocycles. The number of amides is 1. The Labute approximate surface area is 341 Å². The Balaban J connectivity index is 4.43. The number of hydrogen-bond donors (Lipinski definition) is 3. The minimum absolute atomic E-state index is 0.0742. The predicted octanol–water partition coefficient (Wildman–Crippen LogP) is 13.7. The number of esters is 1. The number of carbonyl (C=O) groups is 2. The Bertz CT molecular complexity index is 915. The summed E-state index contributed by atoms with van der Waals surface area (Å²) in [6, 6.07) is -0.698. The normalized spacial score (nSPS) is 13.6. The molecule has 3 atom stereocenters. The first-order chi connectivity index (χ1) is 27.0. The Morgan fingerprint density at radius 2 is 0.927 bits per heavy atom. The van der Waals surface area contributed by atoms with Crippen LogP contribution in [0.4, 0.5) is 0 Å². The van der Waals surface area contributed by atoms with Crippen molar-refractivity contribution >= 4 is 11.9 Å². The van der Waals surface area contributed by atoms with E-state index >= 15 is 0 Å². The summed E-state index contributed by atoms with van der Waals surface area (Å²) in [5, 5.41) is 23.5. The third kappa shape index (κ3) is 38.7. The monoisotopic (exact) mass is 774 g/mol. The number of ether oxygens (including phenoxy) is 1. The molecule has 0 saturated heterocycles. The molecule has 0 heterocycles. The van der Waals surface area contributed by atoms with Gasteiger partial charge in [0.05, 0.1) is 25.2 Å². The zero-order valence-corrected chi connectivity index (χ0v) is 36.6. The average Bonchev–Trinajstić information content (AvgIpc) is 3.18. The van der Waals surface area contributed by atoms with Gasteiger partial charge in [0, 0.05) is 6.42 Å². The molecule has 0 spiro atoms. The standard InChI is InChI=1S/C49H91NO5/c1-4-7-10-13-16-19-20-21-22-23-24-25-26-27-28-30-33-36-39-42-49(54)55-45(40-37-34-31-18-15-12-9-6-3)43-48(53)50-46(44-51)47(52)41-38-35-32-29-17-14-11-8-5-2/h16,19,21-22,24-25,45-47,51-52H,4-15,17-18,20,23,26-44H2,1-3H3,(H,50,53)/b19-16-,22-21-,25-24-. The van der Waals surface area contributed by atoms with E-state index in [1.165, 1.54) is 122 Å². The number of allylic oxidation sites excluding steroid dienone is 6. The van der Waals surface area contributed by atoms with Crippen molar-refractivity contribution in [3.05, 3.63) is 36.5 Å². The van der Waals surface area contributed by atoms with Crippen LogP contribution in [-0.2, 0) is 14.3 Å². The maximum Gasteiger partial charge on any atom is 0.306 e. The van der Waals surface area contributed by atoms with Gasteiger partial charge in [0.15, 0.2) is 0 Å². The number of unbranched alkanes of at least 4 members (excludes halogenated alkanes) is 24. The van der Waals surface area contributed by atoms with Crippen molar-refractivity contribution < 1.29 is 24.5 Å². The lowest BCUT2D eigenvalue weighted by Crippen LogP contribution is -2.46. The number of aliphatic hydroxyl groups is 2. The fraction of sp³-hybridized carbons (Fsp3) is 0.837. The topological polar surface area (TPSA) is 95.9 Å². The van der Waals surface area contributed by atoms with Crippen molar-refractivity contribution in [2.45, 2.75) is 257 Å². The minimum Gasteiger partial charge on any atom is -0.462 e. The van der Waals surface area contributed by atoms with Crippen LogP contribution in [0.25, 0.3) is 0 Å². The smallest absolute Gasteiger partial charge is 0.306 e. The summed E-state index contributed by atoms with van der Waals surface area (Å²) in [4.78, 5) is 25.9. The van der Waals surface area contributed by atoms with Gasteiger partial charge in [0.25, 0.3) is 0 Å². The lowest BCUT2D eigenvalue weighted by molar-refractivity contribution is -0.151. The molecule has 55 heavy (non-hydrogen) atoms. The summed E-state index contributed by atoms with van der Waals surface area (Å²) in [7, 11) is 0. The molecule has 3 unspecified atom stereocenters. The van der Waals surface area contributed by atoms with Crippen LogP contribution < -0.4 is 5.32 Å². The van der Waals surface area contributed by atoms with Crippen molar-refractivity contribution in [2.75, 3.05) is 6.61 Å². The highest BCUT2D eigenvalue weighted by molar-refractivity contribution is 5.77. The van der Waals surface area contributed by atoms with Gasteiger partial charge in [-0.05, 0) is 64.2 Å². The van der Waals surface area contributed by atoms with Crippen LogP contribution in [0.2, 0.25) is 0 Å². The molecule has 0 bridgehead atoms. The van der Waals surface area contributed by atoms with Crippen molar-refractivity contribution in [1.29, 1.82) is 0 Å². The first-order valence-corrected chi connectivity index (χ1v) is 23.7. The Hall–Kier alpha value is -1.92. The molecule has 0 aromatic carbocycles. The number of nitrogens with one attached hydrogen (secondary N) is 1. The number of carbonyl (C=O) groups excluding carboxylic acids is 2. The Morgan fingerprint density at radius 1 is 0.527 bits per heavy atom. The van der Waals surface area contributed by atoms with E-state index in [1.54, 1.807) is 0 Å². The molecular formula is C49H91NO5. The third-order valence-corrected chi connectivity index (χ3v) is 10.7. The zero-order chi connectivity index (χ0) is 40.3. The van der Waals surface area contributed by atoms with Gasteiger partial charge >= 0.3 is 5.97 Å². The maximum absolute atomic E-state index is 13.1. The first-order valence-electron chi connectivity index (χ1n) is 23.7. The van der Waals surface area contributed by atoms with Gasteiger partial charge in [-0.15, -0.1) is 0 Å². The first kappa shape index (κ1) is 53.1. The summed E-state index contributed by atoms with van der Waals surface area (Å²) in [5.74, 6) is -0.488. The molecule has 0 aromatic rings. The second-order valence-electron chi connectivity index (χ2n) is 16.2. The van der Waals surface area contributed by atoms with Gasteiger partial charge in [-0.25, -0.2) is 0 Å². The molecule has 1 amide bonds. The van der Waals surface area contributed by atoms with Crippen molar-refractivity contribution in [3.63, 3.8) is 0 Å². The van der Waals surface area contributed by atoms with Crippen LogP contribution in [0.15, 0.2) is 36.5 Å². The quantitative estimate of drug-likeness (QED) is 0.0326. The predicted molar refractivity (Wildman–Crippen MR) is 236 cm³/mol. The molecular weight excluding hydrogens is 683 g/mol. The highest BCUT2D eigenvalue weighted by atomic mass is 16.5. The minimum atomic E-state index is -0.784. The van der Waals surface area contributed by atoms with Gasteiger partial charge in [0.1, 0.15) is 6.10 Å². The molecule has 0 aliphatic heterocycles. The highest BCUT2D eigenvalue weighted by Crippen LogP contribution is 2.17. The largest absolute Gasteiger partial charge is 0.462 e. The average molecular weight is 774 g/mol. The molecule has 6 nitrogen and oxygen atoms in total. The highest BCUT2D eigenvalue weighted by Gasteiger charge is 2.24. The van der Waals surface area contributed by atoms with Crippen molar-refractivity contribution in [2.24, 2.45) is 0 Å². The van der Waals surface area contributed by atoms with Gasteiger partial charge in [-0.2, -0.15) is 0 Å². The van der Waals surface area contributed by atoms with E-state index in [4.69, 9.17) is 4.74 Å². The van der Waals surface area contributed by atoms with E-state index in [-0.39, 0.29) is 24.9 Å². The van der Waals surface area contributed by atoms with Crippen LogP contribution in [-0.4, -0.2) is 46.9 Å². The molecule has 0 fully saturated rings. The van der Waals surface area contributed by atoms with E-state index < -0.39 is 18.2 Å². The van der Waals surface area contributed by atoms with Crippen LogP contribution in [0.5, 0.6) is 0 Å². The van der Waals surface area contributed by atoms with Crippen molar-refractivity contribution in [3.8, 4) is 0 Å². The summed E-state index contributed by atoms with van der Waals surface area (Å²) < 4.78 is 5.89. The van der Waals surface area contributed by atoms with Crippen LogP contribution in [0.1, 0.15) is 239 Å². The molecule has 0 saturated carbocycles. The second kappa shape index (κ2) is 43.2. The van der Waals surface area contributed by atoms with Gasteiger partial charge in [-0.1, -0.05) is 198 Å². The molecule has 0 rings (SSSR count). The zero-order valence-electron chi connectivity index (χ0n) is 36.6. The van der Waals surface area contributed by atoms with Crippen LogP contribution in [0.3, 0.4) is 0 Å². The Morgan fingerprint density at radius 3 is 1.44 bits per heavy atom. The third-order valence-electron chi connectivity index (χ3n) is 10.7. The van der Waals surface area contributed by atoms with Crippen LogP contribution in [0, 0.1) is 0 Å². The maximum atomic E-state index is 13.1. The van der Waals surface area contributed by atoms with Gasteiger partial charge in [-0.3, -0.25) is 9.59 Å². The summed E-state index contributed by atoms with van der Waals surface area (Å²) in [6.45, 7) is 6.41. The van der Waals surface area contributed by atoms with Crippen molar-refractivity contribution in [1.82, 2.24) is 5.32 Å². The number of aliphatic hydroxyl groups excluding tert-OH is 2. The summed E-state index contributed by atoms with van der Waals surface area (Å²) in [6.07, 6.45) is 49.3. The van der Waals surface area contributed by atoms with E-state index in [0.29, 0.717) is 19.3 Å². The molecule has 6 heteroatoms. The lowest BCUT2D eigenvalue weighted by Gasteiger charge is -2.24.